The Morgan fingerprint density at radius 1 is 1.24 bits per heavy atom. The van der Waals surface area contributed by atoms with Crippen molar-refractivity contribution in [3.63, 3.8) is 0 Å². The summed E-state index contributed by atoms with van der Waals surface area (Å²) in [5.41, 5.74) is -1.22. The molecule has 2 fully saturated rings. The second kappa shape index (κ2) is 4.94. The summed E-state index contributed by atoms with van der Waals surface area (Å²) in [6.07, 6.45) is 3.11. The number of ether oxygens (including phenoxy) is 2. The normalized spacial score (nSPS) is 35.5. The highest BCUT2D eigenvalue weighted by Crippen LogP contribution is 2.57. The van der Waals surface area contributed by atoms with E-state index in [1.165, 1.54) is 31.4 Å². The van der Waals surface area contributed by atoms with E-state index in [1.807, 2.05) is 0 Å². The number of nitro groups is 1. The summed E-state index contributed by atoms with van der Waals surface area (Å²) in [5.74, 6) is -4.27. The molecule has 3 heterocycles. The zero-order valence-corrected chi connectivity index (χ0v) is 13.1. The molecule has 3 aliphatic heterocycles. The zero-order valence-electron chi connectivity index (χ0n) is 13.1. The molecule has 0 saturated carbocycles. The quantitative estimate of drug-likeness (QED) is 0.362. The van der Waals surface area contributed by atoms with Crippen LogP contribution in [0.15, 0.2) is 36.4 Å². The average molecular weight is 346 g/mol. The highest BCUT2D eigenvalue weighted by molar-refractivity contribution is 6.23. The number of hydrogen-bond acceptors (Lipinski definition) is 7. The molecule has 1 N–H and O–H groups in total. The first-order chi connectivity index (χ1) is 11.9. The summed E-state index contributed by atoms with van der Waals surface area (Å²) in [6.45, 7) is -0.469. The van der Waals surface area contributed by atoms with E-state index in [-0.39, 0.29) is 11.4 Å². The van der Waals surface area contributed by atoms with Crippen molar-refractivity contribution in [3.8, 4) is 0 Å². The van der Waals surface area contributed by atoms with Crippen LogP contribution in [0.1, 0.15) is 0 Å². The first-order valence-corrected chi connectivity index (χ1v) is 7.58. The van der Waals surface area contributed by atoms with Crippen LogP contribution in [0.25, 0.3) is 0 Å². The number of methoxy groups -OCH3 is 1. The van der Waals surface area contributed by atoms with Gasteiger partial charge in [0, 0.05) is 19.2 Å². The van der Waals surface area contributed by atoms with Gasteiger partial charge in [-0.05, 0) is 24.3 Å². The number of rotatable bonds is 4. The Hall–Kier alpha value is -2.62. The number of nitro benzene ring substituents is 1. The number of nitrogens with zero attached hydrogens (tertiary/aromatic N) is 2. The lowest BCUT2D eigenvalue weighted by molar-refractivity contribution is -0.384. The van der Waals surface area contributed by atoms with Gasteiger partial charge in [0.05, 0.1) is 23.1 Å². The molecule has 0 aromatic heterocycles. The smallest absolute Gasteiger partial charge is 0.269 e. The molecule has 130 valence electrons. The molecule has 4 atom stereocenters. The van der Waals surface area contributed by atoms with E-state index in [0.29, 0.717) is 0 Å². The number of amides is 2. The van der Waals surface area contributed by atoms with Gasteiger partial charge in [0.2, 0.25) is 17.6 Å². The van der Waals surface area contributed by atoms with Crippen molar-refractivity contribution < 1.29 is 29.1 Å². The topological polar surface area (TPSA) is 119 Å². The van der Waals surface area contributed by atoms with E-state index in [4.69, 9.17) is 9.47 Å². The Morgan fingerprint density at radius 2 is 1.88 bits per heavy atom. The van der Waals surface area contributed by atoms with Gasteiger partial charge in [0.1, 0.15) is 11.5 Å². The summed E-state index contributed by atoms with van der Waals surface area (Å²) in [6, 6.07) is 5.13. The molecule has 25 heavy (non-hydrogen) atoms. The fourth-order valence-electron chi connectivity index (χ4n) is 3.92. The van der Waals surface area contributed by atoms with Crippen LogP contribution in [0.4, 0.5) is 11.4 Å². The standard InChI is InChI=1S/C16H14N2O7/c1-24-16-7-6-15(8-19,25-16)11-12(16)14(21)17(13(11)20)9-2-4-10(5-3-9)18(22)23/h2-7,11-12,19H,8H2,1H3. The second-order valence-corrected chi connectivity index (χ2v) is 6.21. The summed E-state index contributed by atoms with van der Waals surface area (Å²) in [5, 5.41) is 20.5. The minimum Gasteiger partial charge on any atom is -0.393 e. The molecule has 3 aliphatic rings. The molecule has 9 nitrogen and oxygen atoms in total. The molecule has 4 unspecified atom stereocenters. The fraction of sp³-hybridized carbons (Fsp3) is 0.375. The molecule has 0 radical (unpaired) electrons. The Kier molecular flexibility index (Phi) is 3.14. The largest absolute Gasteiger partial charge is 0.393 e. The lowest BCUT2D eigenvalue weighted by Gasteiger charge is -2.27. The van der Waals surface area contributed by atoms with Gasteiger partial charge < -0.3 is 14.6 Å². The average Bonchev–Trinajstić information content (AvgIpc) is 3.23. The van der Waals surface area contributed by atoms with Crippen molar-refractivity contribution in [1.82, 2.24) is 0 Å². The minimum absolute atomic E-state index is 0.145. The molecule has 9 heteroatoms. The van der Waals surface area contributed by atoms with Crippen LogP contribution < -0.4 is 4.90 Å². The van der Waals surface area contributed by atoms with Gasteiger partial charge in [-0.15, -0.1) is 0 Å². The molecular formula is C16H14N2O7. The van der Waals surface area contributed by atoms with Crippen LogP contribution >= 0.6 is 0 Å². The maximum atomic E-state index is 12.9. The number of carbonyl (C=O) groups is 2. The number of non-ortho nitro benzene ring substituents is 1. The second-order valence-electron chi connectivity index (χ2n) is 6.21. The Bertz CT molecular complexity index is 782. The van der Waals surface area contributed by atoms with E-state index < -0.39 is 46.6 Å². The summed E-state index contributed by atoms with van der Waals surface area (Å²) < 4.78 is 11.1. The van der Waals surface area contributed by atoms with Crippen LogP contribution in [0.2, 0.25) is 0 Å². The molecule has 0 aliphatic carbocycles. The molecule has 2 saturated heterocycles. The van der Waals surface area contributed by atoms with Crippen molar-refractivity contribution >= 4 is 23.2 Å². The molecule has 2 bridgehead atoms. The molecule has 1 aromatic rings. The lowest BCUT2D eigenvalue weighted by Crippen LogP contribution is -2.43. The van der Waals surface area contributed by atoms with Crippen LogP contribution in [0, 0.1) is 22.0 Å². The predicted octanol–water partition coefficient (Wildman–Crippen LogP) is 0.374. The third-order valence-corrected chi connectivity index (χ3v) is 5.10. The number of aliphatic hydroxyl groups is 1. The fourth-order valence-corrected chi connectivity index (χ4v) is 3.92. The highest BCUT2D eigenvalue weighted by Gasteiger charge is 2.74. The van der Waals surface area contributed by atoms with Crippen LogP contribution in [0.5, 0.6) is 0 Å². The lowest BCUT2D eigenvalue weighted by atomic mass is 9.76. The number of carbonyl (C=O) groups excluding carboxylic acids is 2. The Morgan fingerprint density at radius 3 is 2.44 bits per heavy atom. The number of hydrogen-bond donors (Lipinski definition) is 1. The van der Waals surface area contributed by atoms with E-state index in [1.54, 1.807) is 12.2 Å². The molecule has 2 amide bonds. The highest BCUT2D eigenvalue weighted by atomic mass is 16.7. The van der Waals surface area contributed by atoms with E-state index in [2.05, 4.69) is 0 Å². The predicted molar refractivity (Wildman–Crippen MR) is 82.4 cm³/mol. The van der Waals surface area contributed by atoms with Gasteiger partial charge in [0.15, 0.2) is 0 Å². The number of anilines is 1. The zero-order chi connectivity index (χ0) is 18.0. The van der Waals surface area contributed by atoms with Crippen molar-refractivity contribution in [3.05, 3.63) is 46.5 Å². The van der Waals surface area contributed by atoms with Gasteiger partial charge in [-0.1, -0.05) is 0 Å². The summed E-state index contributed by atoms with van der Waals surface area (Å²) >= 11 is 0. The van der Waals surface area contributed by atoms with E-state index in [9.17, 15) is 24.8 Å². The monoisotopic (exact) mass is 346 g/mol. The van der Waals surface area contributed by atoms with E-state index >= 15 is 0 Å². The van der Waals surface area contributed by atoms with Gasteiger partial charge in [-0.3, -0.25) is 19.7 Å². The number of aliphatic hydroxyl groups excluding tert-OH is 1. The van der Waals surface area contributed by atoms with Crippen LogP contribution in [0.3, 0.4) is 0 Å². The van der Waals surface area contributed by atoms with Crippen molar-refractivity contribution in [2.45, 2.75) is 11.4 Å². The first-order valence-electron chi connectivity index (χ1n) is 7.58. The summed E-state index contributed by atoms with van der Waals surface area (Å²) in [7, 11) is 1.37. The third kappa shape index (κ3) is 1.82. The van der Waals surface area contributed by atoms with E-state index in [0.717, 1.165) is 4.90 Å². The van der Waals surface area contributed by atoms with Crippen molar-refractivity contribution in [2.75, 3.05) is 18.6 Å². The molecule has 4 rings (SSSR count). The van der Waals surface area contributed by atoms with Crippen molar-refractivity contribution in [2.24, 2.45) is 11.8 Å². The maximum absolute atomic E-state index is 12.9. The minimum atomic E-state index is -1.39. The first kappa shape index (κ1) is 15.9. The summed E-state index contributed by atoms with van der Waals surface area (Å²) in [4.78, 5) is 37.0. The molecule has 1 aromatic carbocycles. The number of imide groups is 1. The van der Waals surface area contributed by atoms with Crippen LogP contribution in [-0.2, 0) is 19.1 Å². The van der Waals surface area contributed by atoms with Gasteiger partial charge in [0.25, 0.3) is 5.69 Å². The Balaban J connectivity index is 1.76. The Labute approximate surface area is 141 Å². The van der Waals surface area contributed by atoms with Crippen molar-refractivity contribution in [1.29, 1.82) is 0 Å². The molecular weight excluding hydrogens is 332 g/mol. The van der Waals surface area contributed by atoms with Gasteiger partial charge >= 0.3 is 0 Å². The third-order valence-electron chi connectivity index (χ3n) is 5.10. The van der Waals surface area contributed by atoms with Crippen LogP contribution in [-0.4, -0.2) is 46.9 Å². The number of benzene rings is 1. The maximum Gasteiger partial charge on any atom is 0.269 e. The SMILES string of the molecule is COC12C=CC(CO)(O1)C1C(=O)N(c3ccc([N+](=O)[O-])cc3)C(=O)C12. The molecule has 0 spiro atoms. The van der Waals surface area contributed by atoms with Gasteiger partial charge in [-0.2, -0.15) is 0 Å². The number of fused-ring (bicyclic) bond motifs is 5. The van der Waals surface area contributed by atoms with Gasteiger partial charge in [-0.25, -0.2) is 4.90 Å².